The van der Waals surface area contributed by atoms with E-state index in [0.717, 1.165) is 13.1 Å². The lowest BCUT2D eigenvalue weighted by molar-refractivity contribution is 0.467. The van der Waals surface area contributed by atoms with E-state index >= 15 is 0 Å². The molecule has 0 aromatic heterocycles. The van der Waals surface area contributed by atoms with Crippen LogP contribution in [0.25, 0.3) is 0 Å². The SMILES string of the molecule is NCc1ccccc1S(=O)(=O)CC=CN1CCCC1. The first-order chi connectivity index (χ1) is 9.13. The Morgan fingerprint density at radius 1 is 1.21 bits per heavy atom. The van der Waals surface area contributed by atoms with E-state index in [1.807, 2.05) is 6.20 Å². The van der Waals surface area contributed by atoms with Gasteiger partial charge in [0, 0.05) is 19.6 Å². The van der Waals surface area contributed by atoms with Crippen molar-refractivity contribution in [2.45, 2.75) is 24.3 Å². The van der Waals surface area contributed by atoms with Gasteiger partial charge in [-0.2, -0.15) is 0 Å². The smallest absolute Gasteiger partial charge is 0.182 e. The minimum Gasteiger partial charge on any atom is -0.378 e. The summed E-state index contributed by atoms with van der Waals surface area (Å²) in [5.41, 5.74) is 6.26. The van der Waals surface area contributed by atoms with Gasteiger partial charge >= 0.3 is 0 Å². The highest BCUT2D eigenvalue weighted by atomic mass is 32.2. The minimum atomic E-state index is -3.29. The van der Waals surface area contributed by atoms with Crippen molar-refractivity contribution in [3.05, 3.63) is 42.1 Å². The van der Waals surface area contributed by atoms with Gasteiger partial charge < -0.3 is 10.6 Å². The Hall–Kier alpha value is -1.33. The summed E-state index contributed by atoms with van der Waals surface area (Å²) in [5.74, 6) is 0.0283. The number of hydrogen-bond acceptors (Lipinski definition) is 4. The molecule has 5 heteroatoms. The maximum Gasteiger partial charge on any atom is 0.182 e. The summed E-state index contributed by atoms with van der Waals surface area (Å²) < 4.78 is 24.5. The van der Waals surface area contributed by atoms with Crippen molar-refractivity contribution in [1.82, 2.24) is 4.90 Å². The largest absolute Gasteiger partial charge is 0.378 e. The quantitative estimate of drug-likeness (QED) is 0.888. The molecule has 0 atom stereocenters. The second-order valence-corrected chi connectivity index (χ2v) is 6.72. The zero-order valence-electron chi connectivity index (χ0n) is 11.0. The Morgan fingerprint density at radius 2 is 1.89 bits per heavy atom. The van der Waals surface area contributed by atoms with E-state index < -0.39 is 9.84 Å². The molecule has 1 fully saturated rings. The number of nitrogens with zero attached hydrogens (tertiary/aromatic N) is 1. The molecule has 1 saturated heterocycles. The maximum atomic E-state index is 12.3. The van der Waals surface area contributed by atoms with E-state index in [0.29, 0.717) is 10.5 Å². The van der Waals surface area contributed by atoms with Crippen molar-refractivity contribution in [3.63, 3.8) is 0 Å². The van der Waals surface area contributed by atoms with Crippen LogP contribution >= 0.6 is 0 Å². The topological polar surface area (TPSA) is 63.4 Å². The molecule has 1 aromatic rings. The number of hydrogen-bond donors (Lipinski definition) is 1. The monoisotopic (exact) mass is 280 g/mol. The van der Waals surface area contributed by atoms with Crippen LogP contribution in [0.15, 0.2) is 41.4 Å². The van der Waals surface area contributed by atoms with E-state index in [1.54, 1.807) is 30.3 Å². The molecule has 0 unspecified atom stereocenters. The lowest BCUT2D eigenvalue weighted by Gasteiger charge is -2.11. The summed E-state index contributed by atoms with van der Waals surface area (Å²) in [6.45, 7) is 2.29. The molecule has 4 nitrogen and oxygen atoms in total. The zero-order chi connectivity index (χ0) is 13.7. The lowest BCUT2D eigenvalue weighted by Crippen LogP contribution is -2.13. The molecule has 2 rings (SSSR count). The van der Waals surface area contributed by atoms with Gasteiger partial charge in [-0.3, -0.25) is 0 Å². The molecule has 0 amide bonds. The summed E-state index contributed by atoms with van der Waals surface area (Å²) in [7, 11) is -3.29. The van der Waals surface area contributed by atoms with Gasteiger partial charge in [-0.05, 0) is 30.7 Å². The van der Waals surface area contributed by atoms with Crippen LogP contribution in [-0.4, -0.2) is 32.2 Å². The maximum absolute atomic E-state index is 12.3. The van der Waals surface area contributed by atoms with Gasteiger partial charge in [0.2, 0.25) is 0 Å². The molecule has 0 bridgehead atoms. The van der Waals surface area contributed by atoms with Gasteiger partial charge in [-0.25, -0.2) is 8.42 Å². The standard InChI is InChI=1S/C14H20N2O2S/c15-12-13-6-1-2-7-14(13)19(17,18)11-5-10-16-8-3-4-9-16/h1-2,5-7,10H,3-4,8-9,11-12,15H2. The molecule has 104 valence electrons. The van der Waals surface area contributed by atoms with Crippen molar-refractivity contribution in [2.24, 2.45) is 5.73 Å². The third-order valence-corrected chi connectivity index (χ3v) is 5.00. The van der Waals surface area contributed by atoms with Crippen LogP contribution in [0.2, 0.25) is 0 Å². The van der Waals surface area contributed by atoms with E-state index in [9.17, 15) is 8.42 Å². The highest BCUT2D eigenvalue weighted by Crippen LogP contribution is 2.17. The molecule has 0 radical (unpaired) electrons. The first-order valence-corrected chi connectivity index (χ1v) is 8.20. The first-order valence-electron chi connectivity index (χ1n) is 6.55. The number of benzene rings is 1. The second kappa shape index (κ2) is 6.21. The van der Waals surface area contributed by atoms with Crippen molar-refractivity contribution >= 4 is 9.84 Å². The first kappa shape index (κ1) is 14.1. The highest BCUT2D eigenvalue weighted by Gasteiger charge is 2.16. The van der Waals surface area contributed by atoms with Crippen molar-refractivity contribution in [3.8, 4) is 0 Å². The summed E-state index contributed by atoms with van der Waals surface area (Å²) in [4.78, 5) is 2.51. The van der Waals surface area contributed by atoms with Crippen LogP contribution in [0, 0.1) is 0 Å². The van der Waals surface area contributed by atoms with E-state index in [-0.39, 0.29) is 12.3 Å². The summed E-state index contributed by atoms with van der Waals surface area (Å²) >= 11 is 0. The number of nitrogens with two attached hydrogens (primary N) is 1. The lowest BCUT2D eigenvalue weighted by atomic mass is 10.2. The van der Waals surface area contributed by atoms with Crippen LogP contribution in [0.1, 0.15) is 18.4 Å². The Labute approximate surface area is 114 Å². The number of rotatable bonds is 5. The fraction of sp³-hybridized carbons (Fsp3) is 0.429. The molecule has 1 heterocycles. The van der Waals surface area contributed by atoms with Crippen molar-refractivity contribution in [2.75, 3.05) is 18.8 Å². The molecule has 0 aliphatic carbocycles. The van der Waals surface area contributed by atoms with Crippen LogP contribution in [0.3, 0.4) is 0 Å². The normalized spacial score (nSPS) is 16.4. The van der Waals surface area contributed by atoms with Crippen molar-refractivity contribution < 1.29 is 8.42 Å². The third-order valence-electron chi connectivity index (χ3n) is 3.30. The van der Waals surface area contributed by atoms with Crippen LogP contribution < -0.4 is 5.73 Å². The zero-order valence-corrected chi connectivity index (χ0v) is 11.8. The Balaban J connectivity index is 2.09. The fourth-order valence-corrected chi connectivity index (χ4v) is 3.63. The minimum absolute atomic E-state index is 0.0283. The van der Waals surface area contributed by atoms with Gasteiger partial charge in [0.25, 0.3) is 0 Å². The Bertz CT molecular complexity index is 546. The van der Waals surface area contributed by atoms with Crippen LogP contribution in [0.4, 0.5) is 0 Å². The molecule has 1 aromatic carbocycles. The summed E-state index contributed by atoms with van der Waals surface area (Å²) in [6.07, 6.45) is 6.00. The Kier molecular flexibility index (Phi) is 4.61. The van der Waals surface area contributed by atoms with Gasteiger partial charge in [0.15, 0.2) is 9.84 Å². The molecule has 0 saturated carbocycles. The fourth-order valence-electron chi connectivity index (χ4n) is 2.28. The van der Waals surface area contributed by atoms with Gasteiger partial charge in [-0.15, -0.1) is 0 Å². The van der Waals surface area contributed by atoms with E-state index in [4.69, 9.17) is 5.73 Å². The average Bonchev–Trinajstić information content (AvgIpc) is 2.91. The average molecular weight is 280 g/mol. The summed E-state index contributed by atoms with van der Waals surface area (Å²) in [5, 5.41) is 0. The van der Waals surface area contributed by atoms with Gasteiger partial charge in [0.1, 0.15) is 0 Å². The molecule has 1 aliphatic heterocycles. The Morgan fingerprint density at radius 3 is 2.58 bits per heavy atom. The second-order valence-electron chi connectivity index (χ2n) is 4.72. The molecule has 0 spiro atoms. The molecule has 1 aliphatic rings. The molecular weight excluding hydrogens is 260 g/mol. The predicted molar refractivity (Wildman–Crippen MR) is 76.3 cm³/mol. The van der Waals surface area contributed by atoms with E-state index in [2.05, 4.69) is 4.90 Å². The van der Waals surface area contributed by atoms with Crippen LogP contribution in [0.5, 0.6) is 0 Å². The van der Waals surface area contributed by atoms with Gasteiger partial charge in [-0.1, -0.05) is 24.3 Å². The van der Waals surface area contributed by atoms with Gasteiger partial charge in [0.05, 0.1) is 10.6 Å². The molecular formula is C14H20N2O2S. The van der Waals surface area contributed by atoms with E-state index in [1.165, 1.54) is 12.8 Å². The summed E-state index contributed by atoms with van der Waals surface area (Å²) in [6, 6.07) is 6.93. The third kappa shape index (κ3) is 3.58. The van der Waals surface area contributed by atoms with Crippen LogP contribution in [-0.2, 0) is 16.4 Å². The highest BCUT2D eigenvalue weighted by molar-refractivity contribution is 7.91. The van der Waals surface area contributed by atoms with Crippen molar-refractivity contribution in [1.29, 1.82) is 0 Å². The predicted octanol–water partition coefficient (Wildman–Crippen LogP) is 1.53. The molecule has 2 N–H and O–H groups in total. The number of sulfone groups is 1. The number of likely N-dealkylation sites (tertiary alicyclic amines) is 1. The molecule has 19 heavy (non-hydrogen) atoms.